The molecule has 4 heteroatoms. The second-order valence-electron chi connectivity index (χ2n) is 11.0. The highest BCUT2D eigenvalue weighted by molar-refractivity contribution is 6.09. The Balaban J connectivity index is 1.33. The quantitative estimate of drug-likeness (QED) is 0.120. The normalized spacial score (nSPS) is 14.8. The molecule has 4 nitrogen and oxygen atoms in total. The minimum Gasteiger partial charge on any atom is -0.335 e. The van der Waals surface area contributed by atoms with Crippen LogP contribution in [0.5, 0.6) is 0 Å². The van der Waals surface area contributed by atoms with Crippen molar-refractivity contribution in [2.24, 2.45) is 5.92 Å². The number of nitrogens with zero attached hydrogens (tertiary/aromatic N) is 3. The molecule has 2 aromatic heterocycles. The predicted molar refractivity (Wildman–Crippen MR) is 167 cm³/mol. The molecule has 2 heterocycles. The number of hydrogen-bond acceptors (Lipinski definition) is 2. The van der Waals surface area contributed by atoms with Gasteiger partial charge >= 0.3 is 0 Å². The Labute approximate surface area is 246 Å². The Bertz CT molecular complexity index is 1810. The summed E-state index contributed by atoms with van der Waals surface area (Å²) in [6.45, 7) is 0.438. The third kappa shape index (κ3) is 4.09. The second kappa shape index (κ2) is 10.7. The highest BCUT2D eigenvalue weighted by Gasteiger charge is 2.41. The van der Waals surface area contributed by atoms with E-state index in [4.69, 9.17) is 11.4 Å². The maximum atomic E-state index is 14.0. The molecule has 1 atom stereocenters. The van der Waals surface area contributed by atoms with Crippen LogP contribution in [-0.2, 0) is 24.9 Å². The second-order valence-corrected chi connectivity index (χ2v) is 11.0. The van der Waals surface area contributed by atoms with Gasteiger partial charge in [-0.05, 0) is 35.6 Å². The number of ketones is 1. The van der Waals surface area contributed by atoms with E-state index >= 15 is 0 Å². The van der Waals surface area contributed by atoms with Gasteiger partial charge in [-0.15, -0.1) is 6.42 Å². The van der Waals surface area contributed by atoms with Crippen LogP contribution in [0.4, 0.5) is 0 Å². The largest absolute Gasteiger partial charge is 0.335 e. The molecular weight excluding hydrogens is 514 g/mol. The van der Waals surface area contributed by atoms with Gasteiger partial charge in [0.15, 0.2) is 5.78 Å². The van der Waals surface area contributed by atoms with Gasteiger partial charge in [0.05, 0.1) is 18.6 Å². The summed E-state index contributed by atoms with van der Waals surface area (Å²) >= 11 is 0. The van der Waals surface area contributed by atoms with E-state index < -0.39 is 5.54 Å². The van der Waals surface area contributed by atoms with Gasteiger partial charge in [0.2, 0.25) is 0 Å². The summed E-state index contributed by atoms with van der Waals surface area (Å²) in [5, 5.41) is 0.963. The van der Waals surface area contributed by atoms with E-state index in [9.17, 15) is 4.79 Å². The topological polar surface area (TPSA) is 39.8 Å². The van der Waals surface area contributed by atoms with E-state index in [-0.39, 0.29) is 11.7 Å². The average Bonchev–Trinajstić information content (AvgIpc) is 3.65. The molecule has 0 fully saturated rings. The summed E-state index contributed by atoms with van der Waals surface area (Å²) in [4.78, 5) is 19.0. The Kier molecular flexibility index (Phi) is 6.56. The van der Waals surface area contributed by atoms with Gasteiger partial charge < -0.3 is 9.13 Å². The zero-order chi connectivity index (χ0) is 28.5. The van der Waals surface area contributed by atoms with Crippen molar-refractivity contribution < 1.29 is 4.79 Å². The molecular formula is C38H31N3O. The molecule has 0 saturated heterocycles. The van der Waals surface area contributed by atoms with Crippen molar-refractivity contribution in [3.05, 3.63) is 161 Å². The van der Waals surface area contributed by atoms with Crippen LogP contribution in [0.3, 0.4) is 0 Å². The first-order valence-electron chi connectivity index (χ1n) is 14.5. The lowest BCUT2D eigenvalue weighted by Crippen LogP contribution is -2.39. The number of imidazole rings is 1. The van der Waals surface area contributed by atoms with Gasteiger partial charge in [0.1, 0.15) is 5.54 Å². The van der Waals surface area contributed by atoms with Crippen molar-refractivity contribution >= 4 is 16.7 Å². The molecule has 0 N–H and O–H groups in total. The SMILES string of the molecule is C#CCn1cc(C(=O)C2CCc3c(ncn3C(c3ccccc3)(c3ccccc3)c3ccccc3)C2)c2ccccc21. The molecule has 0 bridgehead atoms. The third-order valence-electron chi connectivity index (χ3n) is 8.74. The van der Waals surface area contributed by atoms with E-state index in [0.717, 1.165) is 35.0 Å². The molecule has 1 unspecified atom stereocenters. The number of terminal acetylenes is 1. The molecule has 0 radical (unpaired) electrons. The first-order chi connectivity index (χ1) is 20.7. The fraction of sp³-hybridized carbons (Fsp3) is 0.158. The fourth-order valence-corrected chi connectivity index (χ4v) is 6.85. The Morgan fingerprint density at radius 2 is 1.40 bits per heavy atom. The van der Waals surface area contributed by atoms with Crippen molar-refractivity contribution in [3.8, 4) is 12.3 Å². The van der Waals surface area contributed by atoms with Crippen LogP contribution in [0.25, 0.3) is 10.9 Å². The Morgan fingerprint density at radius 1 is 0.833 bits per heavy atom. The minimum absolute atomic E-state index is 0.134. The summed E-state index contributed by atoms with van der Waals surface area (Å²) in [6.07, 6.45) is 11.7. The van der Waals surface area contributed by atoms with Crippen LogP contribution in [0.15, 0.2) is 128 Å². The predicted octanol–water partition coefficient (Wildman–Crippen LogP) is 7.30. The van der Waals surface area contributed by atoms with E-state index in [1.54, 1.807) is 0 Å². The van der Waals surface area contributed by atoms with Gasteiger partial charge in [0, 0.05) is 40.7 Å². The third-order valence-corrected chi connectivity index (χ3v) is 8.74. The van der Waals surface area contributed by atoms with Gasteiger partial charge in [-0.3, -0.25) is 4.79 Å². The van der Waals surface area contributed by atoms with E-state index in [1.807, 2.05) is 41.4 Å². The standard InChI is InChI=1S/C38H31N3O/c1-2-24-40-26-33(32-20-12-13-21-35(32)40)37(42)28-22-23-36-34(25-28)39-27-41(36)38(29-14-6-3-7-15-29,30-16-8-4-9-17-30)31-18-10-5-11-19-31/h1,3-21,26-28H,22-25H2. The number of aromatic nitrogens is 3. The number of hydrogen-bond donors (Lipinski definition) is 0. The summed E-state index contributed by atoms with van der Waals surface area (Å²) in [5.74, 6) is 2.75. The summed E-state index contributed by atoms with van der Waals surface area (Å²) < 4.78 is 4.36. The maximum absolute atomic E-state index is 14.0. The molecule has 42 heavy (non-hydrogen) atoms. The lowest BCUT2D eigenvalue weighted by molar-refractivity contribution is 0.0908. The van der Waals surface area contributed by atoms with Crippen molar-refractivity contribution in [2.45, 2.75) is 31.3 Å². The monoisotopic (exact) mass is 545 g/mol. The fourth-order valence-electron chi connectivity index (χ4n) is 6.85. The maximum Gasteiger partial charge on any atom is 0.168 e. The molecule has 0 spiro atoms. The van der Waals surface area contributed by atoms with Gasteiger partial charge in [-0.1, -0.05) is 115 Å². The summed E-state index contributed by atoms with van der Waals surface area (Å²) in [5.41, 5.74) is 6.83. The van der Waals surface area contributed by atoms with Crippen molar-refractivity contribution in [3.63, 3.8) is 0 Å². The molecule has 4 aromatic carbocycles. The molecule has 0 amide bonds. The number of carbonyl (C=O) groups excluding carboxylic acids is 1. The Hall–Kier alpha value is -5.14. The molecule has 6 aromatic rings. The summed E-state index contributed by atoms with van der Waals surface area (Å²) in [7, 11) is 0. The smallest absolute Gasteiger partial charge is 0.168 e. The van der Waals surface area contributed by atoms with Gasteiger partial charge in [0.25, 0.3) is 0 Å². The van der Waals surface area contributed by atoms with Crippen LogP contribution in [0.2, 0.25) is 0 Å². The molecule has 204 valence electrons. The number of Topliss-reactive ketones (excluding diaryl/α,β-unsaturated/α-hetero) is 1. The highest BCUT2D eigenvalue weighted by Crippen LogP contribution is 2.43. The lowest BCUT2D eigenvalue weighted by Gasteiger charge is -2.39. The first kappa shape index (κ1) is 25.8. The molecule has 7 rings (SSSR count). The summed E-state index contributed by atoms with van der Waals surface area (Å²) in [6, 6.07) is 40.0. The number of fused-ring (bicyclic) bond motifs is 2. The molecule has 0 aliphatic heterocycles. The average molecular weight is 546 g/mol. The highest BCUT2D eigenvalue weighted by atomic mass is 16.1. The van der Waals surface area contributed by atoms with Crippen molar-refractivity contribution in [2.75, 3.05) is 0 Å². The number of rotatable bonds is 7. The number of para-hydroxylation sites is 1. The van der Waals surface area contributed by atoms with Crippen LogP contribution < -0.4 is 0 Å². The van der Waals surface area contributed by atoms with E-state index in [0.29, 0.717) is 13.0 Å². The number of carbonyl (C=O) groups is 1. The van der Waals surface area contributed by atoms with Gasteiger partial charge in [-0.25, -0.2) is 4.98 Å². The molecule has 1 aliphatic carbocycles. The van der Waals surface area contributed by atoms with Crippen LogP contribution in [-0.4, -0.2) is 19.9 Å². The Morgan fingerprint density at radius 3 is 2.00 bits per heavy atom. The lowest BCUT2D eigenvalue weighted by atomic mass is 9.76. The van der Waals surface area contributed by atoms with Gasteiger partial charge in [-0.2, -0.15) is 0 Å². The van der Waals surface area contributed by atoms with Crippen LogP contribution in [0.1, 0.15) is 44.9 Å². The van der Waals surface area contributed by atoms with E-state index in [2.05, 4.69) is 101 Å². The first-order valence-corrected chi connectivity index (χ1v) is 14.5. The zero-order valence-electron chi connectivity index (χ0n) is 23.4. The molecule has 1 aliphatic rings. The van der Waals surface area contributed by atoms with Crippen molar-refractivity contribution in [1.29, 1.82) is 0 Å². The number of benzene rings is 4. The van der Waals surface area contributed by atoms with Crippen molar-refractivity contribution in [1.82, 2.24) is 14.1 Å². The zero-order valence-corrected chi connectivity index (χ0v) is 23.4. The van der Waals surface area contributed by atoms with Crippen LogP contribution >= 0.6 is 0 Å². The van der Waals surface area contributed by atoms with E-state index in [1.165, 1.54) is 22.4 Å². The molecule has 0 saturated carbocycles. The minimum atomic E-state index is -0.607. The van der Waals surface area contributed by atoms with Crippen LogP contribution in [0, 0.1) is 18.3 Å².